The molecule has 1 aromatic heterocycles. The van der Waals surface area contributed by atoms with Crippen LogP contribution in [0.2, 0.25) is 0 Å². The molecule has 6 heteroatoms. The van der Waals surface area contributed by atoms with Gasteiger partial charge in [-0.15, -0.1) is 0 Å². The number of hydrogen-bond acceptors (Lipinski definition) is 3. The van der Waals surface area contributed by atoms with Crippen LogP contribution in [0.25, 0.3) is 0 Å². The van der Waals surface area contributed by atoms with Crippen molar-refractivity contribution in [3.63, 3.8) is 0 Å². The molecule has 5 nitrogen and oxygen atoms in total. The summed E-state index contributed by atoms with van der Waals surface area (Å²) in [6, 6.07) is 2.40. The number of aromatic nitrogens is 1. The van der Waals surface area contributed by atoms with Gasteiger partial charge in [-0.25, -0.2) is 4.98 Å². The second kappa shape index (κ2) is 5.12. The van der Waals surface area contributed by atoms with Crippen molar-refractivity contribution in [2.45, 2.75) is 12.8 Å². The van der Waals surface area contributed by atoms with E-state index < -0.39 is 17.8 Å². The summed E-state index contributed by atoms with van der Waals surface area (Å²) in [6.45, 7) is 0.0925. The number of amides is 1. The van der Waals surface area contributed by atoms with Crippen LogP contribution in [0.15, 0.2) is 18.3 Å². The fourth-order valence-corrected chi connectivity index (χ4v) is 1.68. The lowest BCUT2D eigenvalue weighted by Gasteiger charge is -2.20. The monoisotopic (exact) mass is 252 g/mol. The number of halogens is 1. The molecule has 18 heavy (non-hydrogen) atoms. The van der Waals surface area contributed by atoms with Crippen molar-refractivity contribution >= 4 is 11.9 Å². The highest BCUT2D eigenvalue weighted by atomic mass is 19.1. The highest BCUT2D eigenvalue weighted by Gasteiger charge is 2.28. The van der Waals surface area contributed by atoms with Gasteiger partial charge in [-0.05, 0) is 30.9 Å². The van der Waals surface area contributed by atoms with Gasteiger partial charge in [-0.2, -0.15) is 4.39 Å². The average molecular weight is 252 g/mol. The third-order valence-corrected chi connectivity index (χ3v) is 2.76. The molecule has 1 fully saturated rings. The van der Waals surface area contributed by atoms with Gasteiger partial charge in [-0.3, -0.25) is 9.59 Å². The predicted molar refractivity (Wildman–Crippen MR) is 60.5 cm³/mol. The third-order valence-electron chi connectivity index (χ3n) is 2.76. The molecule has 0 aliphatic heterocycles. The number of carbonyl (C=O) groups is 2. The van der Waals surface area contributed by atoms with Crippen LogP contribution in [0.5, 0.6) is 0 Å². The van der Waals surface area contributed by atoms with Crippen LogP contribution < -0.4 is 0 Å². The Morgan fingerprint density at radius 2 is 2.17 bits per heavy atom. The summed E-state index contributed by atoms with van der Waals surface area (Å²) in [6.07, 6.45) is 3.16. The summed E-state index contributed by atoms with van der Waals surface area (Å²) in [4.78, 5) is 27.5. The van der Waals surface area contributed by atoms with Gasteiger partial charge in [0.15, 0.2) is 0 Å². The first-order valence-electron chi connectivity index (χ1n) is 5.69. The van der Waals surface area contributed by atoms with E-state index in [1.807, 2.05) is 0 Å². The van der Waals surface area contributed by atoms with Gasteiger partial charge < -0.3 is 10.0 Å². The van der Waals surface area contributed by atoms with Crippen molar-refractivity contribution in [3.05, 3.63) is 29.8 Å². The lowest BCUT2D eigenvalue weighted by atomic mass is 10.2. The van der Waals surface area contributed by atoms with Gasteiger partial charge in [0.05, 0.1) is 5.56 Å². The number of pyridine rings is 1. The smallest absolute Gasteiger partial charge is 0.323 e. The van der Waals surface area contributed by atoms with Crippen LogP contribution in [0.1, 0.15) is 23.2 Å². The maximum Gasteiger partial charge on any atom is 0.323 e. The summed E-state index contributed by atoms with van der Waals surface area (Å²) in [5.74, 6) is -1.75. The normalized spacial score (nSPS) is 14.3. The zero-order valence-electron chi connectivity index (χ0n) is 9.67. The third kappa shape index (κ3) is 3.26. The molecule has 1 aliphatic carbocycles. The number of rotatable bonds is 5. The Bertz CT molecular complexity index is 457. The van der Waals surface area contributed by atoms with Gasteiger partial charge in [0.25, 0.3) is 5.91 Å². The molecule has 1 N–H and O–H groups in total. The van der Waals surface area contributed by atoms with E-state index >= 15 is 0 Å². The number of hydrogen-bond donors (Lipinski definition) is 1. The Hall–Kier alpha value is -1.98. The zero-order valence-corrected chi connectivity index (χ0v) is 9.67. The molecule has 2 rings (SSSR count). The molecule has 1 heterocycles. The number of nitrogens with zero attached hydrogens (tertiary/aromatic N) is 2. The minimum atomic E-state index is -1.06. The Labute approximate surface area is 103 Å². The molecule has 0 unspecified atom stereocenters. The largest absolute Gasteiger partial charge is 0.480 e. The van der Waals surface area contributed by atoms with E-state index in [1.165, 1.54) is 11.0 Å². The average Bonchev–Trinajstić information content (AvgIpc) is 3.12. The van der Waals surface area contributed by atoms with Crippen LogP contribution in [-0.4, -0.2) is 40.0 Å². The van der Waals surface area contributed by atoms with E-state index in [0.29, 0.717) is 12.5 Å². The van der Waals surface area contributed by atoms with Gasteiger partial charge >= 0.3 is 5.97 Å². The lowest BCUT2D eigenvalue weighted by Crippen LogP contribution is -2.37. The molecular weight excluding hydrogens is 239 g/mol. The fourth-order valence-electron chi connectivity index (χ4n) is 1.68. The number of carboxylic acids is 1. The van der Waals surface area contributed by atoms with Crippen LogP contribution in [0.4, 0.5) is 4.39 Å². The van der Waals surface area contributed by atoms with Crippen molar-refractivity contribution in [1.29, 1.82) is 0 Å². The first kappa shape index (κ1) is 12.5. The van der Waals surface area contributed by atoms with E-state index in [-0.39, 0.29) is 12.1 Å². The number of carbonyl (C=O) groups excluding carboxylic acids is 1. The highest BCUT2D eigenvalue weighted by molar-refractivity contribution is 5.95. The standard InChI is InChI=1S/C12H13FN2O3/c13-10-4-3-9(5-14-10)12(18)15(7-11(16)17)6-8-1-2-8/h3-5,8H,1-2,6-7H2,(H,16,17). The van der Waals surface area contributed by atoms with Crippen molar-refractivity contribution < 1.29 is 19.1 Å². The first-order valence-corrected chi connectivity index (χ1v) is 5.69. The molecule has 0 aromatic carbocycles. The summed E-state index contributed by atoms with van der Waals surface area (Å²) in [5.41, 5.74) is 0.207. The Kier molecular flexibility index (Phi) is 3.55. The molecule has 0 radical (unpaired) electrons. The molecule has 1 aromatic rings. The molecule has 1 saturated carbocycles. The van der Waals surface area contributed by atoms with E-state index in [9.17, 15) is 14.0 Å². The van der Waals surface area contributed by atoms with Crippen molar-refractivity contribution in [2.24, 2.45) is 5.92 Å². The van der Waals surface area contributed by atoms with Crippen LogP contribution in [-0.2, 0) is 4.79 Å². The zero-order chi connectivity index (χ0) is 13.1. The van der Waals surface area contributed by atoms with Crippen LogP contribution >= 0.6 is 0 Å². The maximum atomic E-state index is 12.7. The molecule has 0 atom stereocenters. The minimum Gasteiger partial charge on any atom is -0.480 e. The van der Waals surface area contributed by atoms with Crippen molar-refractivity contribution in [3.8, 4) is 0 Å². The van der Waals surface area contributed by atoms with Gasteiger partial charge in [0, 0.05) is 12.7 Å². The van der Waals surface area contributed by atoms with Crippen LogP contribution in [0, 0.1) is 11.9 Å². The van der Waals surface area contributed by atoms with Gasteiger partial charge in [0.1, 0.15) is 6.54 Å². The Morgan fingerprint density at radius 3 is 2.67 bits per heavy atom. The second-order valence-corrected chi connectivity index (χ2v) is 4.39. The highest BCUT2D eigenvalue weighted by Crippen LogP contribution is 2.30. The number of carboxylic acid groups (broad SMARTS) is 1. The summed E-state index contributed by atoms with van der Waals surface area (Å²) in [5, 5.41) is 8.79. The Balaban J connectivity index is 2.10. The van der Waals surface area contributed by atoms with E-state index in [4.69, 9.17) is 5.11 Å². The van der Waals surface area contributed by atoms with E-state index in [1.54, 1.807) is 0 Å². The quantitative estimate of drug-likeness (QED) is 0.798. The van der Waals surface area contributed by atoms with E-state index in [2.05, 4.69) is 4.98 Å². The molecule has 0 saturated heterocycles. The summed E-state index contributed by atoms with van der Waals surface area (Å²) < 4.78 is 12.7. The predicted octanol–water partition coefficient (Wildman–Crippen LogP) is 1.16. The molecule has 1 amide bonds. The SMILES string of the molecule is O=C(O)CN(CC1CC1)C(=O)c1ccc(F)nc1. The topological polar surface area (TPSA) is 70.5 Å². The number of aliphatic carboxylic acids is 1. The van der Waals surface area contributed by atoms with Gasteiger partial charge in [0.2, 0.25) is 5.95 Å². The Morgan fingerprint density at radius 1 is 1.44 bits per heavy atom. The molecule has 0 spiro atoms. The summed E-state index contributed by atoms with van der Waals surface area (Å²) >= 11 is 0. The minimum absolute atomic E-state index is 0.207. The van der Waals surface area contributed by atoms with Crippen LogP contribution in [0.3, 0.4) is 0 Å². The lowest BCUT2D eigenvalue weighted by molar-refractivity contribution is -0.137. The van der Waals surface area contributed by atoms with Crippen molar-refractivity contribution in [2.75, 3.05) is 13.1 Å². The maximum absolute atomic E-state index is 12.7. The fraction of sp³-hybridized carbons (Fsp3) is 0.417. The molecular formula is C12H13FN2O3. The van der Waals surface area contributed by atoms with Crippen molar-refractivity contribution in [1.82, 2.24) is 9.88 Å². The molecule has 1 aliphatic rings. The second-order valence-electron chi connectivity index (χ2n) is 4.39. The summed E-state index contributed by atoms with van der Waals surface area (Å²) in [7, 11) is 0. The van der Waals surface area contributed by atoms with Gasteiger partial charge in [-0.1, -0.05) is 0 Å². The first-order chi connectivity index (χ1) is 8.56. The molecule has 0 bridgehead atoms. The van der Waals surface area contributed by atoms with E-state index in [0.717, 1.165) is 25.1 Å². The molecule has 96 valence electrons.